The van der Waals surface area contributed by atoms with Gasteiger partial charge in [-0.05, 0) is 57.8 Å². The second-order valence-corrected chi connectivity index (χ2v) is 16.9. The first-order valence-corrected chi connectivity index (χ1v) is 24.5. The lowest BCUT2D eigenvalue weighted by Crippen LogP contribution is -2.60. The minimum absolute atomic E-state index is 0.145. The molecule has 6 N–H and O–H groups in total. The summed E-state index contributed by atoms with van der Waals surface area (Å²) in [6, 6.07) is -0.727. The monoisotopic (exact) mass is 846 g/mol. The zero-order chi connectivity index (χ0) is 43.7. The van der Waals surface area contributed by atoms with Crippen molar-refractivity contribution >= 4 is 5.91 Å². The van der Waals surface area contributed by atoms with Crippen LogP contribution in [0.5, 0.6) is 0 Å². The lowest BCUT2D eigenvalue weighted by atomic mass is 9.99. The molecule has 0 aliphatic carbocycles. The van der Waals surface area contributed by atoms with Crippen LogP contribution in [0.4, 0.5) is 0 Å². The SMILES string of the molecule is CC/C=C\C/C=C\C/C=C\C/C=C\C/C=C\CCCCCCCCCC(=O)NC(COC1OC(CO)C(O)C(O)C1O)C(O)CCCCCCCCCCCCCCCC. The van der Waals surface area contributed by atoms with E-state index in [1.807, 2.05) is 0 Å². The normalized spacial score (nSPS) is 21.1. The van der Waals surface area contributed by atoms with Crippen molar-refractivity contribution in [1.82, 2.24) is 5.32 Å². The number of nitrogens with one attached hydrogen (secondary N) is 1. The Morgan fingerprint density at radius 2 is 1.03 bits per heavy atom. The molecule has 1 fully saturated rings. The molecule has 0 radical (unpaired) electrons. The number of rotatable bonds is 40. The van der Waals surface area contributed by atoms with Crippen molar-refractivity contribution in [1.29, 1.82) is 0 Å². The zero-order valence-corrected chi connectivity index (χ0v) is 38.2. The van der Waals surface area contributed by atoms with E-state index in [9.17, 15) is 30.3 Å². The molecular formula is C51H91NO8. The van der Waals surface area contributed by atoms with Crippen molar-refractivity contribution in [3.8, 4) is 0 Å². The smallest absolute Gasteiger partial charge is 0.220 e. The van der Waals surface area contributed by atoms with Gasteiger partial charge in [-0.25, -0.2) is 0 Å². The molecule has 60 heavy (non-hydrogen) atoms. The number of ether oxygens (including phenoxy) is 2. The van der Waals surface area contributed by atoms with Gasteiger partial charge in [0.2, 0.25) is 5.91 Å². The highest BCUT2D eigenvalue weighted by molar-refractivity contribution is 5.76. The van der Waals surface area contributed by atoms with E-state index in [4.69, 9.17) is 9.47 Å². The fraction of sp³-hybridized carbons (Fsp3) is 0.784. The van der Waals surface area contributed by atoms with Gasteiger partial charge in [-0.2, -0.15) is 0 Å². The molecule has 1 heterocycles. The number of amides is 1. The van der Waals surface area contributed by atoms with Gasteiger partial charge in [-0.1, -0.05) is 197 Å². The topological polar surface area (TPSA) is 149 Å². The molecule has 0 aromatic heterocycles. The number of allylic oxidation sites excluding steroid dienone is 10. The third kappa shape index (κ3) is 30.8. The van der Waals surface area contributed by atoms with Crippen LogP contribution < -0.4 is 5.32 Å². The van der Waals surface area contributed by atoms with Crippen molar-refractivity contribution in [2.45, 2.75) is 243 Å². The van der Waals surface area contributed by atoms with E-state index < -0.39 is 49.5 Å². The lowest BCUT2D eigenvalue weighted by molar-refractivity contribution is -0.302. The minimum Gasteiger partial charge on any atom is -0.394 e. The highest BCUT2D eigenvalue weighted by Crippen LogP contribution is 2.23. The van der Waals surface area contributed by atoms with Crippen LogP contribution in [0.2, 0.25) is 0 Å². The predicted molar refractivity (Wildman–Crippen MR) is 249 cm³/mol. The van der Waals surface area contributed by atoms with Gasteiger partial charge in [-0.3, -0.25) is 4.79 Å². The quantitative estimate of drug-likeness (QED) is 0.0264. The fourth-order valence-corrected chi connectivity index (χ4v) is 7.48. The van der Waals surface area contributed by atoms with E-state index in [1.54, 1.807) is 0 Å². The summed E-state index contributed by atoms with van der Waals surface area (Å²) in [6.07, 6.45) is 46.5. The van der Waals surface area contributed by atoms with Crippen molar-refractivity contribution in [2.24, 2.45) is 0 Å². The fourth-order valence-electron chi connectivity index (χ4n) is 7.48. The Bertz CT molecular complexity index is 1120. The highest BCUT2D eigenvalue weighted by Gasteiger charge is 2.44. The highest BCUT2D eigenvalue weighted by atomic mass is 16.7. The average molecular weight is 846 g/mol. The number of unbranched alkanes of at least 4 members (excludes halogenated alkanes) is 20. The summed E-state index contributed by atoms with van der Waals surface area (Å²) >= 11 is 0. The molecule has 1 aliphatic heterocycles. The van der Waals surface area contributed by atoms with E-state index in [0.29, 0.717) is 12.8 Å². The number of hydrogen-bond acceptors (Lipinski definition) is 8. The molecule has 348 valence electrons. The summed E-state index contributed by atoms with van der Waals surface area (Å²) in [5, 5.41) is 54.4. The second-order valence-electron chi connectivity index (χ2n) is 16.9. The number of carbonyl (C=O) groups is 1. The molecule has 7 atom stereocenters. The van der Waals surface area contributed by atoms with Crippen LogP contribution in [0.15, 0.2) is 60.8 Å². The van der Waals surface area contributed by atoms with Crippen molar-refractivity contribution in [3.63, 3.8) is 0 Å². The molecule has 1 saturated heterocycles. The van der Waals surface area contributed by atoms with Gasteiger partial charge in [-0.15, -0.1) is 0 Å². The van der Waals surface area contributed by atoms with E-state index in [-0.39, 0.29) is 12.5 Å². The molecule has 0 saturated carbocycles. The van der Waals surface area contributed by atoms with Gasteiger partial charge in [0.1, 0.15) is 24.4 Å². The first-order valence-electron chi connectivity index (χ1n) is 24.5. The van der Waals surface area contributed by atoms with Gasteiger partial charge in [0, 0.05) is 6.42 Å². The summed E-state index contributed by atoms with van der Waals surface area (Å²) in [7, 11) is 0. The molecule has 9 heteroatoms. The number of carbonyl (C=O) groups excluding carboxylic acids is 1. The van der Waals surface area contributed by atoms with Crippen LogP contribution in [-0.2, 0) is 14.3 Å². The van der Waals surface area contributed by atoms with Gasteiger partial charge in [0.25, 0.3) is 0 Å². The van der Waals surface area contributed by atoms with Gasteiger partial charge >= 0.3 is 0 Å². The van der Waals surface area contributed by atoms with Gasteiger partial charge < -0.3 is 40.3 Å². The van der Waals surface area contributed by atoms with Crippen LogP contribution in [-0.4, -0.2) is 87.5 Å². The summed E-state index contributed by atoms with van der Waals surface area (Å²) < 4.78 is 11.3. The van der Waals surface area contributed by atoms with Crippen LogP contribution >= 0.6 is 0 Å². The molecule has 1 aliphatic rings. The van der Waals surface area contributed by atoms with Crippen molar-refractivity contribution in [2.75, 3.05) is 13.2 Å². The minimum atomic E-state index is -1.56. The maximum absolute atomic E-state index is 13.0. The Kier molecular flexibility index (Phi) is 38.1. The number of hydrogen-bond donors (Lipinski definition) is 6. The first kappa shape index (κ1) is 55.9. The van der Waals surface area contributed by atoms with E-state index in [0.717, 1.165) is 83.5 Å². The molecule has 1 rings (SSSR count). The van der Waals surface area contributed by atoms with E-state index in [2.05, 4.69) is 79.9 Å². The Hall–Kier alpha value is -2.11. The van der Waals surface area contributed by atoms with Crippen molar-refractivity contribution in [3.05, 3.63) is 60.8 Å². The third-order valence-corrected chi connectivity index (χ3v) is 11.4. The zero-order valence-electron chi connectivity index (χ0n) is 38.2. The van der Waals surface area contributed by atoms with Crippen molar-refractivity contribution < 1.29 is 39.8 Å². The maximum atomic E-state index is 13.0. The predicted octanol–water partition coefficient (Wildman–Crippen LogP) is 10.8. The summed E-state index contributed by atoms with van der Waals surface area (Å²) in [5.74, 6) is -0.158. The molecular weight excluding hydrogens is 755 g/mol. The first-order chi connectivity index (χ1) is 29.3. The molecule has 7 unspecified atom stereocenters. The average Bonchev–Trinajstić information content (AvgIpc) is 3.25. The standard InChI is InChI=1S/C51H91NO8/c1-3-5-7-9-11-13-15-17-19-20-21-22-23-24-25-26-27-29-31-33-35-37-39-41-47(55)52-44(43-59-51-50(58)49(57)48(56)46(42-53)60-51)45(54)40-38-36-34-32-30-28-18-16-14-12-10-8-6-4-2/h5,7,11,13,17,19,21-22,24-25,44-46,48-51,53-54,56-58H,3-4,6,8-10,12,14-16,18,20,23,26-43H2,1-2H3,(H,52,55)/b7-5-,13-11-,19-17-,22-21-,25-24-. The molecule has 0 aromatic carbocycles. The molecule has 9 nitrogen and oxygen atoms in total. The van der Waals surface area contributed by atoms with Gasteiger partial charge in [0.15, 0.2) is 6.29 Å². The molecule has 0 spiro atoms. The van der Waals surface area contributed by atoms with Gasteiger partial charge in [0.05, 0.1) is 25.4 Å². The summed E-state index contributed by atoms with van der Waals surface area (Å²) in [4.78, 5) is 13.0. The molecule has 0 aromatic rings. The number of aliphatic hydroxyl groups is 5. The van der Waals surface area contributed by atoms with Crippen LogP contribution in [0.1, 0.15) is 200 Å². The van der Waals surface area contributed by atoms with Crippen LogP contribution in [0.3, 0.4) is 0 Å². The Morgan fingerprint density at radius 1 is 0.583 bits per heavy atom. The number of aliphatic hydroxyl groups excluding tert-OH is 5. The summed E-state index contributed by atoms with van der Waals surface area (Å²) in [5.41, 5.74) is 0. The summed E-state index contributed by atoms with van der Waals surface area (Å²) in [6.45, 7) is 3.71. The Labute approximate surface area is 366 Å². The molecule has 0 bridgehead atoms. The largest absolute Gasteiger partial charge is 0.394 e. The Balaban J connectivity index is 2.29. The lowest BCUT2D eigenvalue weighted by Gasteiger charge is -2.40. The second kappa shape index (κ2) is 40.9. The van der Waals surface area contributed by atoms with Crippen LogP contribution in [0, 0.1) is 0 Å². The molecule has 1 amide bonds. The van der Waals surface area contributed by atoms with E-state index in [1.165, 1.54) is 89.9 Å². The third-order valence-electron chi connectivity index (χ3n) is 11.4. The maximum Gasteiger partial charge on any atom is 0.220 e. The van der Waals surface area contributed by atoms with Crippen LogP contribution in [0.25, 0.3) is 0 Å². The van der Waals surface area contributed by atoms with E-state index >= 15 is 0 Å². The Morgan fingerprint density at radius 3 is 1.53 bits per heavy atom.